The number of esters is 1. The van der Waals surface area contributed by atoms with Crippen LogP contribution in [0.2, 0.25) is 0 Å². The minimum atomic E-state index is -1.28. The lowest BCUT2D eigenvalue weighted by Gasteiger charge is -2.36. The molecule has 0 bridgehead atoms. The van der Waals surface area contributed by atoms with E-state index in [9.17, 15) is 34.5 Å². The average molecular weight is 667 g/mol. The van der Waals surface area contributed by atoms with Gasteiger partial charge in [-0.3, -0.25) is 29.2 Å². The summed E-state index contributed by atoms with van der Waals surface area (Å²) >= 11 is 0. The fourth-order valence-corrected chi connectivity index (χ4v) is 5.25. The van der Waals surface area contributed by atoms with Gasteiger partial charge in [0.2, 0.25) is 0 Å². The third-order valence-corrected chi connectivity index (χ3v) is 7.82. The number of ether oxygens (including phenoxy) is 4. The third kappa shape index (κ3) is 17.4. The molecular weight excluding hydrogens is 616 g/mol. The predicted molar refractivity (Wildman–Crippen MR) is 167 cm³/mol. The summed E-state index contributed by atoms with van der Waals surface area (Å²) in [6.07, 6.45) is 1.59. The van der Waals surface area contributed by atoms with Gasteiger partial charge in [0, 0.05) is 72.1 Å². The highest BCUT2D eigenvalue weighted by molar-refractivity contribution is 5.73. The van der Waals surface area contributed by atoms with Crippen LogP contribution in [0, 0.1) is 0 Å². The molecule has 1 unspecified atom stereocenters. The van der Waals surface area contributed by atoms with E-state index in [1.54, 1.807) is 14.7 Å². The van der Waals surface area contributed by atoms with Gasteiger partial charge in [-0.05, 0) is 43.9 Å². The monoisotopic (exact) mass is 666 g/mol. The fourth-order valence-electron chi connectivity index (χ4n) is 5.25. The van der Waals surface area contributed by atoms with Gasteiger partial charge >= 0.3 is 11.9 Å². The molecule has 1 aromatic carbocycles. The van der Waals surface area contributed by atoms with Crippen LogP contribution in [0.1, 0.15) is 25.3 Å². The summed E-state index contributed by atoms with van der Waals surface area (Å²) in [7, 11) is 1.28. The first-order valence-corrected chi connectivity index (χ1v) is 16.1. The van der Waals surface area contributed by atoms with Gasteiger partial charge in [-0.15, -0.1) is 0 Å². The molecule has 0 amide bonds. The molecule has 1 aromatic rings. The zero-order valence-corrected chi connectivity index (χ0v) is 27.6. The summed E-state index contributed by atoms with van der Waals surface area (Å²) in [6, 6.07) is 6.79. The van der Waals surface area contributed by atoms with Gasteiger partial charge in [-0.1, -0.05) is 12.1 Å². The minimum Gasteiger partial charge on any atom is -0.549 e. The highest BCUT2D eigenvalue weighted by Crippen LogP contribution is 2.16. The lowest BCUT2D eigenvalue weighted by atomic mass is 10.0. The maximum absolute atomic E-state index is 12.5. The van der Waals surface area contributed by atoms with E-state index in [-0.39, 0.29) is 58.9 Å². The molecule has 1 fully saturated rings. The number of rotatable bonds is 20. The minimum absolute atomic E-state index is 0.0430. The molecule has 1 aliphatic rings. The first kappa shape index (κ1) is 39.8. The molecule has 47 heavy (non-hydrogen) atoms. The van der Waals surface area contributed by atoms with Crippen molar-refractivity contribution in [1.82, 2.24) is 19.6 Å². The Bertz CT molecular complexity index is 1080. The van der Waals surface area contributed by atoms with E-state index in [1.165, 1.54) is 7.11 Å². The van der Waals surface area contributed by atoms with Gasteiger partial charge in [0.05, 0.1) is 45.4 Å². The number of carboxylic acid groups (broad SMARTS) is 3. The Morgan fingerprint density at radius 2 is 1.28 bits per heavy atom. The van der Waals surface area contributed by atoms with Crippen molar-refractivity contribution in [2.24, 2.45) is 0 Å². The largest absolute Gasteiger partial charge is 0.549 e. The van der Waals surface area contributed by atoms with Crippen LogP contribution < -0.4 is 14.9 Å². The number of aliphatic carboxylic acids is 3. The van der Waals surface area contributed by atoms with Crippen molar-refractivity contribution in [2.45, 2.75) is 32.2 Å². The molecule has 0 aliphatic carbocycles. The smallest absolute Gasteiger partial charge is 0.320 e. The molecular formula is C32H50N4O11-2. The van der Waals surface area contributed by atoms with Gasteiger partial charge in [-0.25, -0.2) is 0 Å². The van der Waals surface area contributed by atoms with E-state index < -0.39 is 29.9 Å². The van der Waals surface area contributed by atoms with E-state index in [1.807, 2.05) is 36.1 Å². The quantitative estimate of drug-likeness (QED) is 0.117. The molecule has 0 aromatic heterocycles. The number of benzene rings is 1. The summed E-state index contributed by atoms with van der Waals surface area (Å²) in [5, 5.41) is 33.0. The first-order chi connectivity index (χ1) is 22.6. The molecule has 15 heteroatoms. The SMILES string of the molecule is CCOCCOCCOc1ccc(CCCC(C(=O)O)N2CCN(CC(=O)[O-])CCN(CC(=O)[O-])CCN(CC(=O)OC)CC2)cc1. The number of nitrogens with zero attached hydrogens (tertiary/aromatic N) is 4. The van der Waals surface area contributed by atoms with Crippen LogP contribution in [-0.4, -0.2) is 167 Å². The highest BCUT2D eigenvalue weighted by Gasteiger charge is 2.27. The summed E-state index contributed by atoms with van der Waals surface area (Å²) in [5.41, 5.74) is 1.04. The van der Waals surface area contributed by atoms with Crippen LogP contribution >= 0.6 is 0 Å². The van der Waals surface area contributed by atoms with Gasteiger partial charge in [0.25, 0.3) is 0 Å². The van der Waals surface area contributed by atoms with E-state index in [0.717, 1.165) is 5.56 Å². The normalized spacial score (nSPS) is 16.9. The number of carbonyl (C=O) groups excluding carboxylic acids is 3. The second-order valence-electron chi connectivity index (χ2n) is 11.2. The number of carbonyl (C=O) groups is 4. The molecule has 0 saturated carbocycles. The molecule has 1 saturated heterocycles. The van der Waals surface area contributed by atoms with E-state index in [0.29, 0.717) is 71.1 Å². The Morgan fingerprint density at radius 3 is 1.79 bits per heavy atom. The molecule has 1 N–H and O–H groups in total. The van der Waals surface area contributed by atoms with Crippen LogP contribution in [0.25, 0.3) is 0 Å². The van der Waals surface area contributed by atoms with Crippen LogP contribution in [0.15, 0.2) is 24.3 Å². The van der Waals surface area contributed by atoms with Crippen molar-refractivity contribution >= 4 is 23.9 Å². The van der Waals surface area contributed by atoms with Crippen molar-refractivity contribution in [3.05, 3.63) is 29.8 Å². The first-order valence-electron chi connectivity index (χ1n) is 16.1. The molecule has 15 nitrogen and oxygen atoms in total. The molecule has 1 heterocycles. The molecule has 1 atom stereocenters. The maximum Gasteiger partial charge on any atom is 0.320 e. The zero-order chi connectivity index (χ0) is 34.4. The molecule has 0 radical (unpaired) electrons. The Balaban J connectivity index is 2.04. The van der Waals surface area contributed by atoms with Gasteiger partial charge in [0.15, 0.2) is 0 Å². The predicted octanol–water partition coefficient (Wildman–Crippen LogP) is -2.21. The fraction of sp³-hybridized carbons (Fsp3) is 0.688. The van der Waals surface area contributed by atoms with Crippen molar-refractivity contribution in [3.63, 3.8) is 0 Å². The van der Waals surface area contributed by atoms with E-state index in [2.05, 4.69) is 0 Å². The van der Waals surface area contributed by atoms with Crippen molar-refractivity contribution in [1.29, 1.82) is 0 Å². The van der Waals surface area contributed by atoms with Gasteiger partial charge in [-0.2, -0.15) is 0 Å². The van der Waals surface area contributed by atoms with Crippen LogP contribution in [0.5, 0.6) is 5.75 Å². The van der Waals surface area contributed by atoms with Crippen LogP contribution in [0.3, 0.4) is 0 Å². The Labute approximate surface area is 276 Å². The maximum atomic E-state index is 12.5. The summed E-state index contributed by atoms with van der Waals surface area (Å²) in [6.45, 7) is 5.88. The van der Waals surface area contributed by atoms with Crippen molar-refractivity contribution < 1.29 is 53.4 Å². The molecule has 266 valence electrons. The van der Waals surface area contributed by atoms with Gasteiger partial charge < -0.3 is 43.9 Å². The lowest BCUT2D eigenvalue weighted by Crippen LogP contribution is -2.53. The second kappa shape index (κ2) is 23.1. The second-order valence-corrected chi connectivity index (χ2v) is 11.2. The molecule has 0 spiro atoms. The third-order valence-electron chi connectivity index (χ3n) is 7.82. The summed E-state index contributed by atoms with van der Waals surface area (Å²) in [5.74, 6) is -3.29. The Morgan fingerprint density at radius 1 is 0.766 bits per heavy atom. The molecule has 2 rings (SSSR count). The number of hydrogen-bond donors (Lipinski definition) is 1. The number of aryl methyl sites for hydroxylation is 1. The van der Waals surface area contributed by atoms with Crippen LogP contribution in [-0.2, 0) is 39.8 Å². The topological polar surface area (TPSA) is 185 Å². The van der Waals surface area contributed by atoms with Gasteiger partial charge in [0.1, 0.15) is 18.4 Å². The van der Waals surface area contributed by atoms with Crippen molar-refractivity contribution in [2.75, 3.05) is 112 Å². The highest BCUT2D eigenvalue weighted by atomic mass is 16.5. The number of hydrogen-bond acceptors (Lipinski definition) is 14. The Hall–Kier alpha value is -3.34. The Kier molecular flexibility index (Phi) is 19.5. The average Bonchev–Trinajstić information content (AvgIpc) is 3.03. The zero-order valence-electron chi connectivity index (χ0n) is 27.6. The number of carboxylic acids is 3. The summed E-state index contributed by atoms with van der Waals surface area (Å²) < 4.78 is 21.2. The summed E-state index contributed by atoms with van der Waals surface area (Å²) in [4.78, 5) is 54.3. The van der Waals surface area contributed by atoms with Crippen LogP contribution in [0.4, 0.5) is 0 Å². The van der Waals surface area contributed by atoms with Crippen molar-refractivity contribution in [3.8, 4) is 5.75 Å². The standard InChI is InChI=1S/C32H52N4O11/c1-3-45-19-20-46-21-22-47-27-9-7-26(8-10-27)5-4-6-28(32(42)43)36-17-15-34(24-30(39)40)12-11-33(23-29(37)38)13-14-35(16-18-36)25-31(41)44-2/h7-10,28H,3-6,11-25H2,1-2H3,(H,37,38)(H,39,40)(H,42,43)/p-2. The molecule has 1 aliphatic heterocycles. The lowest BCUT2D eigenvalue weighted by molar-refractivity contribution is -0.308. The number of methoxy groups -OCH3 is 1. The van der Waals surface area contributed by atoms with E-state index in [4.69, 9.17) is 18.9 Å². The van der Waals surface area contributed by atoms with E-state index >= 15 is 0 Å².